The number of anilines is 2. The van der Waals surface area contributed by atoms with E-state index in [0.717, 1.165) is 12.1 Å². The maximum atomic E-state index is 12.8. The van der Waals surface area contributed by atoms with Gasteiger partial charge in [0.2, 0.25) is 11.8 Å². The van der Waals surface area contributed by atoms with Crippen molar-refractivity contribution in [2.75, 3.05) is 11.9 Å². The molecule has 158 valence electrons. The van der Waals surface area contributed by atoms with Crippen LogP contribution in [-0.2, 0) is 21.1 Å². The third-order valence-electron chi connectivity index (χ3n) is 4.39. The number of aromatic nitrogens is 2. The summed E-state index contributed by atoms with van der Waals surface area (Å²) in [5.74, 6) is -0.228. The number of nitrogens with zero attached hydrogens (tertiary/aromatic N) is 2. The normalized spacial score (nSPS) is 11.9. The van der Waals surface area contributed by atoms with E-state index in [4.69, 9.17) is 9.15 Å². The van der Waals surface area contributed by atoms with Gasteiger partial charge in [0.15, 0.2) is 0 Å². The molecule has 0 radical (unpaired) electrons. The minimum Gasteiger partial charge on any atom is -0.465 e. The number of para-hydroxylation sites is 1. The summed E-state index contributed by atoms with van der Waals surface area (Å²) in [5, 5.41) is 11.1. The van der Waals surface area contributed by atoms with Crippen LogP contribution in [-0.4, -0.2) is 22.8 Å². The third-order valence-corrected chi connectivity index (χ3v) is 4.39. The van der Waals surface area contributed by atoms with Crippen molar-refractivity contribution in [2.24, 2.45) is 0 Å². The minimum atomic E-state index is -4.40. The summed E-state index contributed by atoms with van der Waals surface area (Å²) in [6, 6.07) is 11.6. The molecule has 6 nitrogen and oxygen atoms in total. The molecule has 2 aromatic carbocycles. The first-order chi connectivity index (χ1) is 14.1. The summed E-state index contributed by atoms with van der Waals surface area (Å²) >= 11 is 0. The van der Waals surface area contributed by atoms with Crippen LogP contribution in [0, 0.1) is 0 Å². The molecule has 3 aromatic rings. The zero-order valence-corrected chi connectivity index (χ0v) is 16.6. The summed E-state index contributed by atoms with van der Waals surface area (Å²) in [4.78, 5) is 12.2. The first kappa shape index (κ1) is 21.4. The monoisotopic (exact) mass is 419 g/mol. The lowest BCUT2D eigenvalue weighted by Crippen LogP contribution is -2.31. The van der Waals surface area contributed by atoms with Crippen molar-refractivity contribution in [3.8, 4) is 11.5 Å². The number of hydrogen-bond donors (Lipinski definition) is 1. The van der Waals surface area contributed by atoms with Gasteiger partial charge in [-0.2, -0.15) is 13.2 Å². The molecule has 3 rings (SSSR count). The van der Waals surface area contributed by atoms with Crippen LogP contribution in [0.25, 0.3) is 11.5 Å². The molecule has 0 atom stereocenters. The van der Waals surface area contributed by atoms with Crippen molar-refractivity contribution in [3.63, 3.8) is 0 Å². The Labute approximate surface area is 171 Å². The summed E-state index contributed by atoms with van der Waals surface area (Å²) in [6.45, 7) is 5.17. The van der Waals surface area contributed by atoms with Crippen LogP contribution in [0.5, 0.6) is 0 Å². The Kier molecular flexibility index (Phi) is 5.82. The Morgan fingerprint density at radius 3 is 2.37 bits per heavy atom. The first-order valence-electron chi connectivity index (χ1n) is 9.18. The second kappa shape index (κ2) is 8.17. The average molecular weight is 419 g/mol. The van der Waals surface area contributed by atoms with Crippen LogP contribution in [0.15, 0.2) is 52.9 Å². The number of carbonyl (C=O) groups is 1. The fourth-order valence-electron chi connectivity index (χ4n) is 2.66. The summed E-state index contributed by atoms with van der Waals surface area (Å²) < 4.78 is 49.0. The van der Waals surface area contributed by atoms with E-state index in [1.807, 2.05) is 0 Å². The molecule has 0 unspecified atom stereocenters. The van der Waals surface area contributed by atoms with Gasteiger partial charge in [-0.05, 0) is 57.2 Å². The van der Waals surface area contributed by atoms with Crippen LogP contribution in [0.1, 0.15) is 32.2 Å². The second-order valence-corrected chi connectivity index (χ2v) is 7.00. The van der Waals surface area contributed by atoms with Gasteiger partial charge >= 0.3 is 12.1 Å². The van der Waals surface area contributed by atoms with Crippen molar-refractivity contribution < 1.29 is 27.1 Å². The number of alkyl halides is 3. The quantitative estimate of drug-likeness (QED) is 0.544. The van der Waals surface area contributed by atoms with Crippen molar-refractivity contribution in [3.05, 3.63) is 60.0 Å². The first-order valence-corrected chi connectivity index (χ1v) is 9.18. The van der Waals surface area contributed by atoms with Gasteiger partial charge in [0, 0.05) is 5.69 Å². The molecule has 0 saturated carbocycles. The Hall–Kier alpha value is -3.36. The molecule has 0 fully saturated rings. The fraction of sp³-hybridized carbons (Fsp3) is 0.286. The Morgan fingerprint density at radius 1 is 1.07 bits per heavy atom. The molecule has 1 heterocycles. The fourth-order valence-corrected chi connectivity index (χ4v) is 2.66. The van der Waals surface area contributed by atoms with Gasteiger partial charge in [0.1, 0.15) is 5.41 Å². The molecule has 0 aliphatic heterocycles. The van der Waals surface area contributed by atoms with Crippen LogP contribution in [0.3, 0.4) is 0 Å². The van der Waals surface area contributed by atoms with E-state index in [9.17, 15) is 18.0 Å². The molecule has 0 bridgehead atoms. The molecule has 9 heteroatoms. The van der Waals surface area contributed by atoms with Crippen LogP contribution in [0.2, 0.25) is 0 Å². The largest absolute Gasteiger partial charge is 0.465 e. The lowest BCUT2D eigenvalue weighted by Gasteiger charge is -2.17. The second-order valence-electron chi connectivity index (χ2n) is 7.00. The predicted molar refractivity (Wildman–Crippen MR) is 104 cm³/mol. The number of esters is 1. The van der Waals surface area contributed by atoms with Gasteiger partial charge in [-0.3, -0.25) is 4.79 Å². The molecule has 1 N–H and O–H groups in total. The molecule has 0 amide bonds. The highest BCUT2D eigenvalue weighted by atomic mass is 19.4. The molecule has 0 aliphatic rings. The number of hydrogen-bond acceptors (Lipinski definition) is 6. The number of halogens is 3. The molecular formula is C21H20F3N3O3. The van der Waals surface area contributed by atoms with Crippen LogP contribution in [0.4, 0.5) is 24.5 Å². The van der Waals surface area contributed by atoms with E-state index in [1.165, 1.54) is 12.1 Å². The van der Waals surface area contributed by atoms with Gasteiger partial charge in [-0.25, -0.2) is 0 Å². The highest BCUT2D eigenvalue weighted by molar-refractivity contribution is 5.81. The van der Waals surface area contributed by atoms with Crippen molar-refractivity contribution in [1.82, 2.24) is 10.2 Å². The van der Waals surface area contributed by atoms with Gasteiger partial charge in [0.05, 0.1) is 23.4 Å². The maximum Gasteiger partial charge on any atom is 0.416 e. The van der Waals surface area contributed by atoms with Crippen LogP contribution < -0.4 is 5.32 Å². The van der Waals surface area contributed by atoms with Gasteiger partial charge in [0.25, 0.3) is 0 Å². The van der Waals surface area contributed by atoms with E-state index in [0.29, 0.717) is 16.9 Å². The van der Waals surface area contributed by atoms with Gasteiger partial charge in [-0.1, -0.05) is 12.1 Å². The van der Waals surface area contributed by atoms with E-state index < -0.39 is 23.1 Å². The number of carbonyl (C=O) groups excluding carboxylic acids is 1. The number of ether oxygens (including phenoxy) is 1. The van der Waals surface area contributed by atoms with Gasteiger partial charge in [-0.15, -0.1) is 10.2 Å². The Balaban J connectivity index is 1.88. The van der Waals surface area contributed by atoms with E-state index in [1.54, 1.807) is 45.0 Å². The zero-order valence-electron chi connectivity index (χ0n) is 16.6. The molecule has 0 saturated heterocycles. The predicted octanol–water partition coefficient (Wildman–Crippen LogP) is 5.34. The third kappa shape index (κ3) is 4.45. The summed E-state index contributed by atoms with van der Waals surface area (Å²) in [5.41, 5.74) is -0.305. The molecule has 0 spiro atoms. The standard InChI is InChI=1S/C21H20F3N3O3/c1-4-29-19(28)20(2,3)18-27-26-17(30-18)15-7-5-6-8-16(15)25-14-11-9-13(10-12-14)21(22,23)24/h5-12,25H,4H2,1-3H3. The molecular weight excluding hydrogens is 399 g/mol. The minimum absolute atomic E-state index is 0.0975. The zero-order chi connectivity index (χ0) is 21.9. The van der Waals surface area contributed by atoms with E-state index >= 15 is 0 Å². The van der Waals surface area contributed by atoms with Crippen LogP contribution >= 0.6 is 0 Å². The van der Waals surface area contributed by atoms with E-state index in [2.05, 4.69) is 15.5 Å². The average Bonchev–Trinajstić information content (AvgIpc) is 3.19. The van der Waals surface area contributed by atoms with Crippen molar-refractivity contribution in [2.45, 2.75) is 32.4 Å². The Bertz CT molecular complexity index is 1030. The summed E-state index contributed by atoms with van der Waals surface area (Å²) in [6.07, 6.45) is -4.40. The molecule has 1 aromatic heterocycles. The highest BCUT2D eigenvalue weighted by Crippen LogP contribution is 2.34. The smallest absolute Gasteiger partial charge is 0.416 e. The lowest BCUT2D eigenvalue weighted by atomic mass is 9.94. The van der Waals surface area contributed by atoms with E-state index in [-0.39, 0.29) is 18.4 Å². The molecule has 30 heavy (non-hydrogen) atoms. The molecule has 0 aliphatic carbocycles. The number of rotatable bonds is 6. The topological polar surface area (TPSA) is 77.2 Å². The van der Waals surface area contributed by atoms with Crippen molar-refractivity contribution in [1.29, 1.82) is 0 Å². The number of nitrogens with one attached hydrogen (secondary N) is 1. The maximum absolute atomic E-state index is 12.8. The lowest BCUT2D eigenvalue weighted by molar-refractivity contribution is -0.149. The number of benzene rings is 2. The van der Waals surface area contributed by atoms with Crippen molar-refractivity contribution >= 4 is 17.3 Å². The summed E-state index contributed by atoms with van der Waals surface area (Å²) in [7, 11) is 0. The van der Waals surface area contributed by atoms with Gasteiger partial charge < -0.3 is 14.5 Å². The highest BCUT2D eigenvalue weighted by Gasteiger charge is 2.37. The SMILES string of the molecule is CCOC(=O)C(C)(C)c1nnc(-c2ccccc2Nc2ccc(C(F)(F)F)cc2)o1. The Morgan fingerprint density at radius 2 is 1.73 bits per heavy atom.